The van der Waals surface area contributed by atoms with Crippen LogP contribution in [-0.2, 0) is 25.7 Å². The third-order valence-corrected chi connectivity index (χ3v) is 9.52. The van der Waals surface area contributed by atoms with Gasteiger partial charge in [0.2, 0.25) is 0 Å². The van der Waals surface area contributed by atoms with E-state index in [1.165, 1.54) is 0 Å². The molecular formula is C45H56O6. The molecule has 0 saturated carbocycles. The van der Waals surface area contributed by atoms with Crippen molar-refractivity contribution < 1.29 is 28.8 Å². The molecule has 0 aromatic heterocycles. The summed E-state index contributed by atoms with van der Waals surface area (Å²) in [7, 11) is 0. The van der Waals surface area contributed by atoms with Crippen LogP contribution in [0, 0.1) is 0 Å². The SMILES string of the molecule is CCCCOc1c2cccc1Cc1cccc(c1OCCCC)Cc1cc(C(=O)O)cc(c1OCCCC)Cc1cccc(c1OCCCC)C2. The summed E-state index contributed by atoms with van der Waals surface area (Å²) in [6, 6.07) is 22.8. The lowest BCUT2D eigenvalue weighted by Crippen LogP contribution is -2.11. The van der Waals surface area contributed by atoms with Crippen LogP contribution in [0.1, 0.15) is 134 Å². The molecule has 0 fully saturated rings. The van der Waals surface area contributed by atoms with Gasteiger partial charge in [0.15, 0.2) is 0 Å². The van der Waals surface area contributed by atoms with Crippen LogP contribution in [0.3, 0.4) is 0 Å². The summed E-state index contributed by atoms with van der Waals surface area (Å²) in [5.41, 5.74) is 8.39. The quantitative estimate of drug-likeness (QED) is 0.0978. The van der Waals surface area contributed by atoms with Gasteiger partial charge in [0.25, 0.3) is 0 Å². The minimum Gasteiger partial charge on any atom is -0.493 e. The van der Waals surface area contributed by atoms with Gasteiger partial charge in [0, 0.05) is 25.7 Å². The number of fused-ring (bicyclic) bond motifs is 8. The molecule has 51 heavy (non-hydrogen) atoms. The van der Waals surface area contributed by atoms with E-state index in [4.69, 9.17) is 18.9 Å². The van der Waals surface area contributed by atoms with Crippen molar-refractivity contribution in [1.82, 2.24) is 0 Å². The molecule has 8 bridgehead atoms. The van der Waals surface area contributed by atoms with Gasteiger partial charge in [-0.2, -0.15) is 0 Å². The maximum absolute atomic E-state index is 12.6. The number of carbonyl (C=O) groups is 1. The Morgan fingerprint density at radius 2 is 0.725 bits per heavy atom. The molecule has 6 nitrogen and oxygen atoms in total. The first kappa shape index (κ1) is 37.8. The smallest absolute Gasteiger partial charge is 0.335 e. The van der Waals surface area contributed by atoms with Crippen molar-refractivity contribution in [2.24, 2.45) is 0 Å². The van der Waals surface area contributed by atoms with E-state index < -0.39 is 5.97 Å². The lowest BCUT2D eigenvalue weighted by molar-refractivity contribution is 0.0696. The third kappa shape index (κ3) is 9.87. The maximum Gasteiger partial charge on any atom is 0.335 e. The van der Waals surface area contributed by atoms with Crippen LogP contribution in [0.2, 0.25) is 0 Å². The standard InChI is InChI=1S/C45H56O6/c1-5-9-22-48-41-32-16-13-17-33(41)27-35-19-15-21-37(43(35)50-24-11-7-3)29-39-31-40(45(46)47)30-38(44(39)51-25-12-8-4)28-36-20-14-18-34(26-32)42(36)49-23-10-6-2/h13-21,30-31H,5-12,22-29H2,1-4H3,(H,46,47). The van der Waals surface area contributed by atoms with Crippen LogP contribution >= 0.6 is 0 Å². The summed E-state index contributed by atoms with van der Waals surface area (Å²) in [5.74, 6) is 2.47. The van der Waals surface area contributed by atoms with Gasteiger partial charge in [-0.15, -0.1) is 0 Å². The highest BCUT2D eigenvalue weighted by Crippen LogP contribution is 2.39. The summed E-state index contributed by atoms with van der Waals surface area (Å²) in [5, 5.41) is 10.3. The number of benzene rings is 4. The zero-order valence-electron chi connectivity index (χ0n) is 31.2. The normalized spacial score (nSPS) is 12.3. The summed E-state index contributed by atoms with van der Waals surface area (Å²) in [4.78, 5) is 12.6. The number of ether oxygens (including phenoxy) is 4. The molecule has 272 valence electrons. The van der Waals surface area contributed by atoms with E-state index in [9.17, 15) is 9.90 Å². The first-order valence-electron chi connectivity index (χ1n) is 19.2. The second kappa shape index (κ2) is 19.2. The summed E-state index contributed by atoms with van der Waals surface area (Å²) < 4.78 is 26.5. The largest absolute Gasteiger partial charge is 0.493 e. The first-order chi connectivity index (χ1) is 25.0. The monoisotopic (exact) mass is 692 g/mol. The lowest BCUT2D eigenvalue weighted by Gasteiger charge is -2.23. The minimum atomic E-state index is -0.956. The molecule has 0 saturated heterocycles. The topological polar surface area (TPSA) is 74.2 Å². The highest BCUT2D eigenvalue weighted by molar-refractivity contribution is 5.88. The fourth-order valence-electron chi connectivity index (χ4n) is 6.73. The van der Waals surface area contributed by atoms with Crippen LogP contribution in [-0.4, -0.2) is 37.5 Å². The molecule has 1 aliphatic carbocycles. The fourth-order valence-corrected chi connectivity index (χ4v) is 6.73. The molecule has 0 unspecified atom stereocenters. The molecule has 0 amide bonds. The Hall–Kier alpha value is -4.45. The van der Waals surface area contributed by atoms with Gasteiger partial charge in [-0.25, -0.2) is 4.79 Å². The number of hydrogen-bond acceptors (Lipinski definition) is 5. The maximum atomic E-state index is 12.6. The van der Waals surface area contributed by atoms with E-state index in [-0.39, 0.29) is 5.56 Å². The number of unbranched alkanes of at least 4 members (excludes halogenated alkanes) is 4. The number of rotatable bonds is 17. The van der Waals surface area contributed by atoms with E-state index in [2.05, 4.69) is 82.3 Å². The molecule has 0 radical (unpaired) electrons. The Labute approximate surface area is 305 Å². The average Bonchev–Trinajstić information content (AvgIpc) is 3.12. The third-order valence-electron chi connectivity index (χ3n) is 9.52. The zero-order chi connectivity index (χ0) is 36.0. The summed E-state index contributed by atoms with van der Waals surface area (Å²) >= 11 is 0. The number of carboxylic acid groups (broad SMARTS) is 1. The second-order valence-corrected chi connectivity index (χ2v) is 13.7. The van der Waals surface area contributed by atoms with Gasteiger partial charge >= 0.3 is 5.97 Å². The van der Waals surface area contributed by atoms with Gasteiger partial charge < -0.3 is 24.1 Å². The Balaban J connectivity index is 1.77. The number of aromatic carboxylic acids is 1. The summed E-state index contributed by atoms with van der Waals surface area (Å²) in [6.07, 6.45) is 10.1. The van der Waals surface area contributed by atoms with Crippen molar-refractivity contribution >= 4 is 5.97 Å². The molecule has 5 rings (SSSR count). The molecule has 1 N–H and O–H groups in total. The number of carboxylic acids is 1. The van der Waals surface area contributed by atoms with Crippen molar-refractivity contribution in [1.29, 1.82) is 0 Å². The van der Waals surface area contributed by atoms with E-state index >= 15 is 0 Å². The van der Waals surface area contributed by atoms with E-state index in [0.29, 0.717) is 52.1 Å². The molecule has 0 spiro atoms. The van der Waals surface area contributed by atoms with E-state index in [1.54, 1.807) is 12.1 Å². The Morgan fingerprint density at radius 1 is 0.471 bits per heavy atom. The van der Waals surface area contributed by atoms with Crippen molar-refractivity contribution in [2.75, 3.05) is 26.4 Å². The number of hydrogen-bond donors (Lipinski definition) is 1. The molecular weight excluding hydrogens is 636 g/mol. The molecule has 0 atom stereocenters. The van der Waals surface area contributed by atoms with Crippen LogP contribution in [0.15, 0.2) is 66.7 Å². The van der Waals surface area contributed by atoms with Crippen LogP contribution in [0.5, 0.6) is 23.0 Å². The number of para-hydroxylation sites is 3. The highest BCUT2D eigenvalue weighted by Gasteiger charge is 2.23. The van der Waals surface area contributed by atoms with Crippen LogP contribution in [0.25, 0.3) is 0 Å². The van der Waals surface area contributed by atoms with Gasteiger partial charge in [-0.1, -0.05) is 108 Å². The molecule has 4 aromatic rings. The van der Waals surface area contributed by atoms with Gasteiger partial charge in [0.05, 0.1) is 32.0 Å². The molecule has 4 aromatic carbocycles. The van der Waals surface area contributed by atoms with Crippen molar-refractivity contribution in [2.45, 2.75) is 105 Å². The lowest BCUT2D eigenvalue weighted by atomic mass is 9.90. The molecule has 1 aliphatic rings. The Kier molecular flexibility index (Phi) is 14.3. The minimum absolute atomic E-state index is 0.252. The molecule has 0 aliphatic heterocycles. The molecule has 0 heterocycles. The second-order valence-electron chi connectivity index (χ2n) is 13.7. The predicted molar refractivity (Wildman–Crippen MR) is 206 cm³/mol. The highest BCUT2D eigenvalue weighted by atomic mass is 16.5. The Morgan fingerprint density at radius 3 is 0.980 bits per heavy atom. The zero-order valence-corrected chi connectivity index (χ0v) is 31.2. The Bertz CT molecular complexity index is 1640. The average molecular weight is 693 g/mol. The van der Waals surface area contributed by atoms with Crippen molar-refractivity contribution in [3.8, 4) is 23.0 Å². The van der Waals surface area contributed by atoms with Crippen LogP contribution < -0.4 is 18.9 Å². The van der Waals surface area contributed by atoms with E-state index in [0.717, 1.165) is 119 Å². The fraction of sp³-hybridized carbons (Fsp3) is 0.444. The van der Waals surface area contributed by atoms with Crippen LogP contribution in [0.4, 0.5) is 0 Å². The predicted octanol–water partition coefficient (Wildman–Crippen LogP) is 10.8. The van der Waals surface area contributed by atoms with Crippen molar-refractivity contribution in [3.63, 3.8) is 0 Å². The van der Waals surface area contributed by atoms with Gasteiger partial charge in [-0.05, 0) is 82.3 Å². The summed E-state index contributed by atoms with van der Waals surface area (Å²) in [6.45, 7) is 11.1. The molecule has 6 heteroatoms. The van der Waals surface area contributed by atoms with Crippen molar-refractivity contribution in [3.05, 3.63) is 117 Å². The van der Waals surface area contributed by atoms with Gasteiger partial charge in [-0.3, -0.25) is 0 Å². The van der Waals surface area contributed by atoms with Gasteiger partial charge in [0.1, 0.15) is 23.0 Å². The van der Waals surface area contributed by atoms with E-state index in [1.807, 2.05) is 0 Å². The first-order valence-corrected chi connectivity index (χ1v) is 19.2.